The second-order valence-corrected chi connectivity index (χ2v) is 9.04. The highest BCUT2D eigenvalue weighted by atomic mass is 16.5. The topological polar surface area (TPSA) is 120 Å². The molecule has 0 bridgehead atoms. The van der Waals surface area contributed by atoms with Gasteiger partial charge in [-0.1, -0.05) is 64.9 Å². The van der Waals surface area contributed by atoms with Crippen LogP contribution in [0.4, 0.5) is 0 Å². The molecule has 0 fully saturated rings. The van der Waals surface area contributed by atoms with E-state index in [1.54, 1.807) is 28.9 Å². The molecule has 37 heavy (non-hydrogen) atoms. The highest BCUT2D eigenvalue weighted by molar-refractivity contribution is 5.84. The van der Waals surface area contributed by atoms with Crippen molar-refractivity contribution in [2.45, 2.75) is 39.7 Å². The second kappa shape index (κ2) is 9.94. The first-order valence-electron chi connectivity index (χ1n) is 12.0. The summed E-state index contributed by atoms with van der Waals surface area (Å²) < 4.78 is 12.8. The average Bonchev–Trinajstić information content (AvgIpc) is 3.61. The van der Waals surface area contributed by atoms with Gasteiger partial charge in [0, 0.05) is 35.9 Å². The van der Waals surface area contributed by atoms with Crippen LogP contribution in [0.5, 0.6) is 0 Å². The SMILES string of the molecule is Cc1nn(C)c(C)c1CCC(=O)C(O)c1ccc(-c2noc(-c3onc(-c4ccccc4)c3C)n2)cc1. The molecular formula is C28H27N5O4. The molecule has 0 saturated heterocycles. The lowest BCUT2D eigenvalue weighted by Crippen LogP contribution is -2.13. The fraction of sp³-hybridized carbons (Fsp3) is 0.250. The Bertz CT molecular complexity index is 1550. The van der Waals surface area contributed by atoms with Crippen molar-refractivity contribution in [2.75, 3.05) is 0 Å². The molecular weight excluding hydrogens is 470 g/mol. The number of Topliss-reactive ketones (excluding diaryl/α,β-unsaturated/α-hetero) is 1. The molecule has 5 aromatic rings. The summed E-state index contributed by atoms with van der Waals surface area (Å²) in [6.45, 7) is 5.80. The molecule has 0 amide bonds. The molecule has 0 radical (unpaired) electrons. The van der Waals surface area contributed by atoms with Gasteiger partial charge in [-0.3, -0.25) is 9.48 Å². The summed E-state index contributed by atoms with van der Waals surface area (Å²) in [4.78, 5) is 17.1. The molecule has 0 aliphatic carbocycles. The van der Waals surface area contributed by atoms with Crippen LogP contribution in [-0.4, -0.2) is 36.0 Å². The fourth-order valence-corrected chi connectivity index (χ4v) is 4.40. The highest BCUT2D eigenvalue weighted by Crippen LogP contribution is 2.32. The molecule has 9 heteroatoms. The number of aliphatic hydroxyl groups excluding tert-OH is 1. The minimum Gasteiger partial charge on any atom is -0.381 e. The van der Waals surface area contributed by atoms with Gasteiger partial charge < -0.3 is 14.2 Å². The predicted octanol–water partition coefficient (Wildman–Crippen LogP) is 4.95. The molecule has 9 nitrogen and oxygen atoms in total. The van der Waals surface area contributed by atoms with Crippen molar-refractivity contribution < 1.29 is 18.9 Å². The Kier molecular flexibility index (Phi) is 6.54. The van der Waals surface area contributed by atoms with Crippen molar-refractivity contribution >= 4 is 5.78 Å². The summed E-state index contributed by atoms with van der Waals surface area (Å²) in [5.41, 5.74) is 6.62. The minimum absolute atomic E-state index is 0.224. The summed E-state index contributed by atoms with van der Waals surface area (Å²) in [5, 5.41) is 23.2. The lowest BCUT2D eigenvalue weighted by atomic mass is 9.98. The number of rotatable bonds is 8. The van der Waals surface area contributed by atoms with Gasteiger partial charge in [-0.15, -0.1) is 0 Å². The number of ketones is 1. The van der Waals surface area contributed by atoms with Gasteiger partial charge in [-0.2, -0.15) is 10.1 Å². The lowest BCUT2D eigenvalue weighted by molar-refractivity contribution is -0.127. The van der Waals surface area contributed by atoms with Crippen LogP contribution in [0.25, 0.3) is 34.3 Å². The molecule has 1 unspecified atom stereocenters. The zero-order valence-corrected chi connectivity index (χ0v) is 21.1. The molecule has 0 aliphatic rings. The van der Waals surface area contributed by atoms with E-state index in [9.17, 15) is 9.90 Å². The molecule has 2 aromatic carbocycles. The Morgan fingerprint density at radius 2 is 1.70 bits per heavy atom. The third-order valence-corrected chi connectivity index (χ3v) is 6.66. The number of nitrogens with zero attached hydrogens (tertiary/aromatic N) is 5. The number of aromatic nitrogens is 5. The van der Waals surface area contributed by atoms with Crippen LogP contribution < -0.4 is 0 Å². The lowest BCUT2D eigenvalue weighted by Gasteiger charge is -2.10. The molecule has 1 N–H and O–H groups in total. The molecule has 1 atom stereocenters. The van der Waals surface area contributed by atoms with E-state index < -0.39 is 6.10 Å². The van der Waals surface area contributed by atoms with Crippen molar-refractivity contribution in [2.24, 2.45) is 7.05 Å². The molecule has 188 valence electrons. The van der Waals surface area contributed by atoms with Crippen LogP contribution in [0, 0.1) is 20.8 Å². The maximum absolute atomic E-state index is 12.7. The Morgan fingerprint density at radius 3 is 2.38 bits per heavy atom. The zero-order valence-electron chi connectivity index (χ0n) is 21.1. The smallest absolute Gasteiger partial charge is 0.297 e. The van der Waals surface area contributed by atoms with Crippen molar-refractivity contribution in [3.8, 4) is 34.3 Å². The van der Waals surface area contributed by atoms with Crippen LogP contribution in [0.15, 0.2) is 63.6 Å². The number of hydrogen-bond donors (Lipinski definition) is 1. The maximum atomic E-state index is 12.7. The average molecular weight is 498 g/mol. The monoisotopic (exact) mass is 497 g/mol. The third-order valence-electron chi connectivity index (χ3n) is 6.66. The van der Waals surface area contributed by atoms with Crippen LogP contribution in [0.1, 0.15) is 40.6 Å². The van der Waals surface area contributed by atoms with E-state index in [-0.39, 0.29) is 18.1 Å². The summed E-state index contributed by atoms with van der Waals surface area (Å²) in [6.07, 6.45) is -0.440. The van der Waals surface area contributed by atoms with Crippen molar-refractivity contribution in [3.05, 3.63) is 82.7 Å². The predicted molar refractivity (Wildman–Crippen MR) is 136 cm³/mol. The van der Waals surface area contributed by atoms with E-state index >= 15 is 0 Å². The van der Waals surface area contributed by atoms with E-state index in [2.05, 4.69) is 20.4 Å². The summed E-state index contributed by atoms with van der Waals surface area (Å²) in [6, 6.07) is 16.6. The minimum atomic E-state index is -1.21. The van der Waals surface area contributed by atoms with Gasteiger partial charge in [0.05, 0.1) is 5.69 Å². The Labute approximate surface area is 213 Å². The van der Waals surface area contributed by atoms with Gasteiger partial charge in [0.15, 0.2) is 5.78 Å². The molecule has 3 heterocycles. The molecule has 0 aliphatic heterocycles. The summed E-state index contributed by atoms with van der Waals surface area (Å²) in [7, 11) is 1.88. The molecule has 3 aromatic heterocycles. The number of aryl methyl sites for hydroxylation is 2. The van der Waals surface area contributed by atoms with E-state index in [0.717, 1.165) is 28.1 Å². The fourth-order valence-electron chi connectivity index (χ4n) is 4.40. The van der Waals surface area contributed by atoms with E-state index in [4.69, 9.17) is 9.05 Å². The van der Waals surface area contributed by atoms with Crippen molar-refractivity contribution in [3.63, 3.8) is 0 Å². The largest absolute Gasteiger partial charge is 0.381 e. The summed E-state index contributed by atoms with van der Waals surface area (Å²) >= 11 is 0. The number of carbonyl (C=O) groups is 1. The quantitative estimate of drug-likeness (QED) is 0.320. The van der Waals surface area contributed by atoms with Crippen LogP contribution in [-0.2, 0) is 18.3 Å². The number of aliphatic hydroxyl groups is 1. The normalized spacial score (nSPS) is 12.1. The molecule has 0 spiro atoms. The third kappa shape index (κ3) is 4.73. The standard InChI is InChI=1S/C28H27N5O4/c1-16-24(19-8-6-5-7-9-19)31-36-26(16)28-29-27(32-37-28)21-12-10-20(11-13-21)25(35)23(34)15-14-22-17(2)30-33(4)18(22)3/h5-13,25,35H,14-15H2,1-4H3. The van der Waals surface area contributed by atoms with Gasteiger partial charge in [-0.25, -0.2) is 0 Å². The van der Waals surface area contributed by atoms with Gasteiger partial charge >= 0.3 is 0 Å². The first-order valence-corrected chi connectivity index (χ1v) is 12.0. The number of hydrogen-bond acceptors (Lipinski definition) is 8. The second-order valence-electron chi connectivity index (χ2n) is 9.04. The zero-order chi connectivity index (χ0) is 26.1. The van der Waals surface area contributed by atoms with E-state index in [1.165, 1.54) is 0 Å². The van der Waals surface area contributed by atoms with Crippen molar-refractivity contribution in [1.29, 1.82) is 0 Å². The Balaban J connectivity index is 1.28. The van der Waals surface area contributed by atoms with Crippen molar-refractivity contribution in [1.82, 2.24) is 25.1 Å². The Morgan fingerprint density at radius 1 is 0.973 bits per heavy atom. The number of benzene rings is 2. The first kappa shape index (κ1) is 24.3. The maximum Gasteiger partial charge on any atom is 0.297 e. The summed E-state index contributed by atoms with van der Waals surface area (Å²) in [5.74, 6) is 0.756. The van der Waals surface area contributed by atoms with Gasteiger partial charge in [0.25, 0.3) is 5.89 Å². The van der Waals surface area contributed by atoms with Gasteiger partial charge in [0.1, 0.15) is 11.8 Å². The van der Waals surface area contributed by atoms with Crippen LogP contribution in [0.3, 0.4) is 0 Å². The molecule has 0 saturated carbocycles. The Hall–Kier alpha value is -4.37. The van der Waals surface area contributed by atoms with E-state index in [0.29, 0.717) is 34.8 Å². The highest BCUT2D eigenvalue weighted by Gasteiger charge is 2.22. The van der Waals surface area contributed by atoms with Crippen LogP contribution in [0.2, 0.25) is 0 Å². The van der Waals surface area contributed by atoms with E-state index in [1.807, 2.05) is 58.2 Å². The number of carbonyl (C=O) groups excluding carboxylic acids is 1. The van der Waals surface area contributed by atoms with Gasteiger partial charge in [-0.05, 0) is 38.3 Å². The first-order chi connectivity index (χ1) is 17.8. The van der Waals surface area contributed by atoms with Crippen LogP contribution >= 0.6 is 0 Å². The van der Waals surface area contributed by atoms with Gasteiger partial charge in [0.2, 0.25) is 11.6 Å². The molecule has 5 rings (SSSR count).